The quantitative estimate of drug-likeness (QED) is 0.545. The predicted octanol–water partition coefficient (Wildman–Crippen LogP) is 1.84. The van der Waals surface area contributed by atoms with Crippen molar-refractivity contribution >= 4 is 12.1 Å². The summed E-state index contributed by atoms with van der Waals surface area (Å²) >= 11 is 0. The molecule has 0 bridgehead atoms. The van der Waals surface area contributed by atoms with Crippen molar-refractivity contribution < 1.29 is 24.5 Å². The Hall–Kier alpha value is -2.04. The van der Waals surface area contributed by atoms with Crippen LogP contribution < -0.4 is 0 Å². The summed E-state index contributed by atoms with van der Waals surface area (Å²) in [7, 11) is 0. The normalized spacial score (nSPS) is 9.73. The zero-order chi connectivity index (χ0) is 11.6. The second-order valence-electron chi connectivity index (χ2n) is 3.06. The van der Waals surface area contributed by atoms with Crippen LogP contribution in [0.15, 0.2) is 12.1 Å². The number of esters is 1. The molecule has 0 heterocycles. The fraction of sp³-hybridized carbons (Fsp3) is 0.200. The van der Waals surface area contributed by atoms with Gasteiger partial charge in [-0.1, -0.05) is 6.07 Å². The number of carbonyl (C=O) groups excluding carboxylic acids is 1. The molecule has 0 unspecified atom stereocenters. The van der Waals surface area contributed by atoms with Gasteiger partial charge in [0.15, 0.2) is 0 Å². The number of hydrogen-bond acceptors (Lipinski definition) is 4. The number of aromatic hydroxyl groups is 1. The molecule has 80 valence electrons. The smallest absolute Gasteiger partial charge is 0.507 e. The molecule has 0 aliphatic heterocycles. The molecule has 0 aliphatic carbocycles. The molecule has 5 heteroatoms. The molecule has 0 atom stereocenters. The second-order valence-corrected chi connectivity index (χ2v) is 3.06. The van der Waals surface area contributed by atoms with Gasteiger partial charge in [0.05, 0.1) is 0 Å². The molecule has 0 saturated heterocycles. The van der Waals surface area contributed by atoms with E-state index in [1.807, 2.05) is 0 Å². The van der Waals surface area contributed by atoms with E-state index in [1.54, 1.807) is 19.9 Å². The molecule has 5 nitrogen and oxygen atoms in total. The van der Waals surface area contributed by atoms with Gasteiger partial charge < -0.3 is 14.9 Å². The molecule has 1 aromatic carbocycles. The van der Waals surface area contributed by atoms with E-state index >= 15 is 0 Å². The lowest BCUT2D eigenvalue weighted by molar-refractivity contribution is 0.0506. The minimum Gasteiger partial charge on any atom is -0.507 e. The zero-order valence-electron chi connectivity index (χ0n) is 8.27. The Labute approximate surface area is 85.9 Å². The van der Waals surface area contributed by atoms with Gasteiger partial charge in [-0.15, -0.1) is 0 Å². The van der Waals surface area contributed by atoms with Crippen molar-refractivity contribution in [1.29, 1.82) is 0 Å². The highest BCUT2D eigenvalue weighted by molar-refractivity contribution is 5.97. The summed E-state index contributed by atoms with van der Waals surface area (Å²) in [6, 6.07) is 2.93. The van der Waals surface area contributed by atoms with Crippen LogP contribution in [0.4, 0.5) is 4.79 Å². The second kappa shape index (κ2) is 4.00. The standard InChI is InChI=1S/C10H10O5/c1-5-3-4-7(8(11)6(5)2)9(12)15-10(13)14/h3-4,11H,1-2H3,(H,13,14). The highest BCUT2D eigenvalue weighted by atomic mass is 16.7. The van der Waals surface area contributed by atoms with Gasteiger partial charge in [-0.3, -0.25) is 0 Å². The van der Waals surface area contributed by atoms with Crippen molar-refractivity contribution in [3.63, 3.8) is 0 Å². The summed E-state index contributed by atoms with van der Waals surface area (Å²) in [5.41, 5.74) is 1.18. The largest absolute Gasteiger partial charge is 0.513 e. The first-order valence-corrected chi connectivity index (χ1v) is 4.17. The van der Waals surface area contributed by atoms with Crippen molar-refractivity contribution in [3.05, 3.63) is 28.8 Å². The summed E-state index contributed by atoms with van der Waals surface area (Å²) in [6.07, 6.45) is -1.70. The van der Waals surface area contributed by atoms with Crippen LogP contribution in [-0.4, -0.2) is 22.3 Å². The molecule has 0 aromatic heterocycles. The van der Waals surface area contributed by atoms with Gasteiger partial charge >= 0.3 is 12.1 Å². The maximum Gasteiger partial charge on any atom is 0.513 e. The van der Waals surface area contributed by atoms with Crippen molar-refractivity contribution in [2.24, 2.45) is 0 Å². The SMILES string of the molecule is Cc1ccc(C(=O)OC(=O)O)c(O)c1C. The minimum absolute atomic E-state index is 0.152. The van der Waals surface area contributed by atoms with Crippen molar-refractivity contribution in [1.82, 2.24) is 0 Å². The molecule has 1 rings (SSSR count). The molecule has 0 saturated carbocycles. The number of carbonyl (C=O) groups is 2. The molecule has 0 spiro atoms. The van der Waals surface area contributed by atoms with Gasteiger partial charge in [0.25, 0.3) is 0 Å². The van der Waals surface area contributed by atoms with Crippen LogP contribution in [0.5, 0.6) is 5.75 Å². The highest BCUT2D eigenvalue weighted by Crippen LogP contribution is 2.25. The van der Waals surface area contributed by atoms with Crippen LogP contribution in [0, 0.1) is 13.8 Å². The average Bonchev–Trinajstić information content (AvgIpc) is 2.13. The Morgan fingerprint density at radius 2 is 1.87 bits per heavy atom. The van der Waals surface area contributed by atoms with Gasteiger partial charge in [-0.25, -0.2) is 9.59 Å². The number of hydrogen-bond donors (Lipinski definition) is 2. The monoisotopic (exact) mass is 210 g/mol. The van der Waals surface area contributed by atoms with E-state index in [0.29, 0.717) is 5.56 Å². The number of benzene rings is 1. The van der Waals surface area contributed by atoms with E-state index in [1.165, 1.54) is 6.07 Å². The van der Waals surface area contributed by atoms with Crippen LogP contribution in [0.3, 0.4) is 0 Å². The third-order valence-electron chi connectivity index (χ3n) is 2.10. The Bertz CT molecular complexity index is 422. The van der Waals surface area contributed by atoms with Gasteiger partial charge in [0.1, 0.15) is 11.3 Å². The molecular weight excluding hydrogens is 200 g/mol. The Balaban J connectivity index is 3.11. The molecule has 0 fully saturated rings. The van der Waals surface area contributed by atoms with Crippen LogP contribution in [-0.2, 0) is 4.74 Å². The predicted molar refractivity (Wildman–Crippen MR) is 51.0 cm³/mol. The van der Waals surface area contributed by atoms with Crippen LogP contribution >= 0.6 is 0 Å². The Morgan fingerprint density at radius 1 is 1.27 bits per heavy atom. The van der Waals surface area contributed by atoms with E-state index in [2.05, 4.69) is 4.74 Å². The molecule has 0 radical (unpaired) electrons. The summed E-state index contributed by atoms with van der Waals surface area (Å²) < 4.78 is 3.93. The number of aryl methyl sites for hydroxylation is 1. The van der Waals surface area contributed by atoms with Gasteiger partial charge in [-0.2, -0.15) is 0 Å². The zero-order valence-corrected chi connectivity index (χ0v) is 8.27. The lowest BCUT2D eigenvalue weighted by Crippen LogP contribution is -2.10. The maximum atomic E-state index is 11.2. The van der Waals surface area contributed by atoms with Crippen LogP contribution in [0.2, 0.25) is 0 Å². The first kappa shape index (κ1) is 11.0. The number of phenolic OH excluding ortho intramolecular Hbond substituents is 1. The van der Waals surface area contributed by atoms with Gasteiger partial charge in [0, 0.05) is 0 Å². The fourth-order valence-electron chi connectivity index (χ4n) is 1.10. The number of phenols is 1. The number of ether oxygens (including phenoxy) is 1. The summed E-state index contributed by atoms with van der Waals surface area (Å²) in [5.74, 6) is -1.33. The molecule has 15 heavy (non-hydrogen) atoms. The van der Waals surface area contributed by atoms with Gasteiger partial charge in [-0.05, 0) is 31.0 Å². The topological polar surface area (TPSA) is 83.8 Å². The third kappa shape index (κ3) is 2.25. The minimum atomic E-state index is -1.70. The molecule has 0 amide bonds. The number of carboxylic acid groups (broad SMARTS) is 1. The van der Waals surface area contributed by atoms with E-state index in [0.717, 1.165) is 5.56 Å². The van der Waals surface area contributed by atoms with E-state index in [9.17, 15) is 14.7 Å². The van der Waals surface area contributed by atoms with Gasteiger partial charge in [0.2, 0.25) is 0 Å². The summed E-state index contributed by atoms with van der Waals surface area (Å²) in [5, 5.41) is 17.8. The average molecular weight is 210 g/mol. The van der Waals surface area contributed by atoms with Crippen LogP contribution in [0.1, 0.15) is 21.5 Å². The number of rotatable bonds is 1. The lowest BCUT2D eigenvalue weighted by Gasteiger charge is -2.07. The van der Waals surface area contributed by atoms with E-state index in [4.69, 9.17) is 5.11 Å². The van der Waals surface area contributed by atoms with E-state index < -0.39 is 12.1 Å². The van der Waals surface area contributed by atoms with Crippen molar-refractivity contribution in [2.45, 2.75) is 13.8 Å². The summed E-state index contributed by atoms with van der Waals surface area (Å²) in [6.45, 7) is 3.39. The first-order valence-electron chi connectivity index (χ1n) is 4.17. The fourth-order valence-corrected chi connectivity index (χ4v) is 1.10. The molecule has 0 aliphatic rings. The Morgan fingerprint density at radius 3 is 2.40 bits per heavy atom. The molecule has 2 N–H and O–H groups in total. The van der Waals surface area contributed by atoms with E-state index in [-0.39, 0.29) is 11.3 Å². The van der Waals surface area contributed by atoms with Crippen molar-refractivity contribution in [3.8, 4) is 5.75 Å². The third-order valence-corrected chi connectivity index (χ3v) is 2.10. The lowest BCUT2D eigenvalue weighted by atomic mass is 10.0. The van der Waals surface area contributed by atoms with Crippen molar-refractivity contribution in [2.75, 3.05) is 0 Å². The Kier molecular flexibility index (Phi) is 2.94. The van der Waals surface area contributed by atoms with Crippen LogP contribution in [0.25, 0.3) is 0 Å². The maximum absolute atomic E-state index is 11.2. The molecule has 1 aromatic rings. The summed E-state index contributed by atoms with van der Waals surface area (Å²) in [4.78, 5) is 21.3. The molecular formula is C10H10O5. The highest BCUT2D eigenvalue weighted by Gasteiger charge is 2.17. The first-order chi connectivity index (χ1) is 6.93.